The highest BCUT2D eigenvalue weighted by Gasteiger charge is 2.35. The van der Waals surface area contributed by atoms with Gasteiger partial charge in [0, 0.05) is 36.2 Å². The predicted molar refractivity (Wildman–Crippen MR) is 137 cm³/mol. The number of benzene rings is 1. The maximum absolute atomic E-state index is 13.3. The molecule has 1 unspecified atom stereocenters. The summed E-state index contributed by atoms with van der Waals surface area (Å²) in [6, 6.07) is 4.12. The van der Waals surface area contributed by atoms with Crippen molar-refractivity contribution in [3.8, 4) is 0 Å². The fourth-order valence-corrected chi connectivity index (χ4v) is 4.65. The molecule has 1 aliphatic rings. The minimum Gasteiger partial charge on any atom is -0.477 e. The molecule has 0 bridgehead atoms. The van der Waals surface area contributed by atoms with Crippen LogP contribution in [-0.4, -0.2) is 54.2 Å². The number of aromatic carboxylic acids is 1. The Balaban J connectivity index is 1.55. The summed E-state index contributed by atoms with van der Waals surface area (Å²) in [5, 5.41) is 19.0. The second kappa shape index (κ2) is 10.7. The zero-order valence-corrected chi connectivity index (χ0v) is 22.1. The van der Waals surface area contributed by atoms with Crippen molar-refractivity contribution in [1.82, 2.24) is 30.0 Å². The van der Waals surface area contributed by atoms with E-state index in [9.17, 15) is 14.7 Å². The van der Waals surface area contributed by atoms with Gasteiger partial charge in [-0.05, 0) is 39.0 Å². The van der Waals surface area contributed by atoms with Gasteiger partial charge >= 0.3 is 5.97 Å². The molecule has 36 heavy (non-hydrogen) atoms. The molecule has 1 aliphatic heterocycles. The minimum atomic E-state index is -1.09. The third-order valence-electron chi connectivity index (χ3n) is 6.29. The number of hydrogen-bond acceptors (Lipinski definition) is 6. The first-order chi connectivity index (χ1) is 17.1. The molecule has 0 radical (unpaired) electrons. The summed E-state index contributed by atoms with van der Waals surface area (Å²) in [7, 11) is 0. The number of fused-ring (bicyclic) bond motifs is 1. The maximum Gasteiger partial charge on any atom is 0.354 e. The molecule has 190 valence electrons. The first kappa shape index (κ1) is 26.3. The number of nitrogens with zero attached hydrogens (tertiary/aromatic N) is 5. The zero-order valence-electron chi connectivity index (χ0n) is 19.9. The highest BCUT2D eigenvalue weighted by Crippen LogP contribution is 2.30. The molecule has 0 fully saturated rings. The molecule has 0 aliphatic carbocycles. The lowest BCUT2D eigenvalue weighted by Gasteiger charge is -2.33. The van der Waals surface area contributed by atoms with Gasteiger partial charge in [-0.25, -0.2) is 9.78 Å². The summed E-state index contributed by atoms with van der Waals surface area (Å²) in [4.78, 5) is 35.5. The number of amides is 1. The molecule has 2 aromatic heterocycles. The van der Waals surface area contributed by atoms with Gasteiger partial charge in [-0.1, -0.05) is 34.8 Å². The first-order valence-corrected chi connectivity index (χ1v) is 12.5. The number of aromatic nitrogens is 4. The van der Waals surface area contributed by atoms with Crippen LogP contribution in [0.1, 0.15) is 70.7 Å². The van der Waals surface area contributed by atoms with E-state index in [1.165, 1.54) is 16.9 Å². The number of halogens is 3. The van der Waals surface area contributed by atoms with Gasteiger partial charge in [0.05, 0.1) is 46.4 Å². The van der Waals surface area contributed by atoms with Crippen molar-refractivity contribution in [3.05, 3.63) is 74.0 Å². The number of carbonyl (C=O) groups is 2. The molecular formula is C24H25Cl3N6O3. The number of carboxylic acid groups (broad SMARTS) is 1. The second-order valence-electron chi connectivity index (χ2n) is 8.88. The van der Waals surface area contributed by atoms with Crippen LogP contribution in [0.5, 0.6) is 0 Å². The summed E-state index contributed by atoms with van der Waals surface area (Å²) < 4.78 is 1.53. The van der Waals surface area contributed by atoms with Gasteiger partial charge in [0.1, 0.15) is 5.15 Å². The molecule has 0 saturated carbocycles. The van der Waals surface area contributed by atoms with Crippen LogP contribution in [0, 0.1) is 0 Å². The Morgan fingerprint density at radius 3 is 2.56 bits per heavy atom. The third-order valence-corrected chi connectivity index (χ3v) is 7.23. The van der Waals surface area contributed by atoms with Gasteiger partial charge in [0.2, 0.25) is 0 Å². The standard InChI is InChI=1S/C24H25Cl3N6O3/c1-12-6-19-16(11-32(12)23(34)15-4-5-17(25)18(26)7-15)22(24(35)36)33(31-19)13(2)8-28-14(3)20-9-30-21(27)10-29-20/h4-5,7,9-10,12-14,28H,6,8,11H2,1-3H3,(H,35,36)/t12-,13-,14?/m1/s1. The number of carboxylic acids is 1. The lowest BCUT2D eigenvalue weighted by atomic mass is 9.98. The molecule has 1 aromatic carbocycles. The smallest absolute Gasteiger partial charge is 0.354 e. The van der Waals surface area contributed by atoms with Gasteiger partial charge in [-0.15, -0.1) is 0 Å². The van der Waals surface area contributed by atoms with Crippen molar-refractivity contribution >= 4 is 46.7 Å². The van der Waals surface area contributed by atoms with Crippen molar-refractivity contribution in [1.29, 1.82) is 0 Å². The van der Waals surface area contributed by atoms with Gasteiger partial charge < -0.3 is 15.3 Å². The Hall–Kier alpha value is -2.72. The average Bonchev–Trinajstić information content (AvgIpc) is 3.22. The predicted octanol–water partition coefficient (Wildman–Crippen LogP) is 4.83. The SMILES string of the molecule is CC(NC[C@@H](C)n1nc2c(c1C(=O)O)CN(C(=O)c1ccc(Cl)c(Cl)c1)[C@H](C)C2)c1cnc(Cl)cn1. The normalized spacial score (nSPS) is 16.9. The molecule has 1 amide bonds. The van der Waals surface area contributed by atoms with Crippen LogP contribution in [0.25, 0.3) is 0 Å². The van der Waals surface area contributed by atoms with E-state index in [-0.39, 0.29) is 41.3 Å². The highest BCUT2D eigenvalue weighted by atomic mass is 35.5. The van der Waals surface area contributed by atoms with Crippen molar-refractivity contribution < 1.29 is 14.7 Å². The van der Waals surface area contributed by atoms with E-state index in [2.05, 4.69) is 20.4 Å². The Kier molecular flexibility index (Phi) is 7.85. The van der Waals surface area contributed by atoms with Gasteiger partial charge in [0.15, 0.2) is 5.69 Å². The van der Waals surface area contributed by atoms with E-state index >= 15 is 0 Å². The number of hydrogen-bond donors (Lipinski definition) is 2. The number of nitrogens with one attached hydrogen (secondary N) is 1. The van der Waals surface area contributed by atoms with Crippen LogP contribution in [0.4, 0.5) is 0 Å². The molecule has 3 heterocycles. The molecule has 9 nitrogen and oxygen atoms in total. The Bertz CT molecular complexity index is 1300. The highest BCUT2D eigenvalue weighted by molar-refractivity contribution is 6.42. The second-order valence-corrected chi connectivity index (χ2v) is 10.1. The quantitative estimate of drug-likeness (QED) is 0.432. The summed E-state index contributed by atoms with van der Waals surface area (Å²) in [6.07, 6.45) is 3.52. The molecule has 3 aromatic rings. The van der Waals surface area contributed by atoms with Crippen LogP contribution in [0.3, 0.4) is 0 Å². The molecular weight excluding hydrogens is 527 g/mol. The minimum absolute atomic E-state index is 0.0806. The lowest BCUT2D eigenvalue weighted by molar-refractivity contribution is 0.0633. The maximum atomic E-state index is 13.3. The number of rotatable bonds is 7. The first-order valence-electron chi connectivity index (χ1n) is 11.4. The Labute approximate surface area is 223 Å². The average molecular weight is 552 g/mol. The largest absolute Gasteiger partial charge is 0.477 e. The van der Waals surface area contributed by atoms with Crippen LogP contribution < -0.4 is 5.32 Å². The van der Waals surface area contributed by atoms with Crippen molar-refractivity contribution in [3.63, 3.8) is 0 Å². The van der Waals surface area contributed by atoms with E-state index in [0.29, 0.717) is 40.0 Å². The summed E-state index contributed by atoms with van der Waals surface area (Å²) in [5.41, 5.74) is 2.41. The van der Waals surface area contributed by atoms with E-state index < -0.39 is 5.97 Å². The fraction of sp³-hybridized carbons (Fsp3) is 0.375. The molecule has 4 rings (SSSR count). The summed E-state index contributed by atoms with van der Waals surface area (Å²) >= 11 is 17.9. The Morgan fingerprint density at radius 2 is 1.92 bits per heavy atom. The number of carbonyl (C=O) groups excluding carboxylic acids is 1. The molecule has 0 spiro atoms. The van der Waals surface area contributed by atoms with Gasteiger partial charge in [0.25, 0.3) is 5.91 Å². The Morgan fingerprint density at radius 1 is 1.17 bits per heavy atom. The lowest BCUT2D eigenvalue weighted by Crippen LogP contribution is -2.42. The fourth-order valence-electron chi connectivity index (χ4n) is 4.26. The van der Waals surface area contributed by atoms with Crippen molar-refractivity contribution in [2.45, 2.75) is 51.9 Å². The van der Waals surface area contributed by atoms with E-state index in [1.807, 2.05) is 20.8 Å². The zero-order chi connectivity index (χ0) is 26.1. The molecule has 0 saturated heterocycles. The van der Waals surface area contributed by atoms with Crippen LogP contribution in [-0.2, 0) is 13.0 Å². The summed E-state index contributed by atoms with van der Waals surface area (Å²) in [6.45, 7) is 6.31. The van der Waals surface area contributed by atoms with E-state index in [0.717, 1.165) is 5.69 Å². The van der Waals surface area contributed by atoms with Crippen LogP contribution >= 0.6 is 34.8 Å². The molecule has 12 heteroatoms. The molecule has 2 N–H and O–H groups in total. The monoisotopic (exact) mass is 550 g/mol. The van der Waals surface area contributed by atoms with Crippen LogP contribution in [0.15, 0.2) is 30.6 Å². The van der Waals surface area contributed by atoms with Crippen molar-refractivity contribution in [2.24, 2.45) is 0 Å². The topological polar surface area (TPSA) is 113 Å². The molecule has 3 atom stereocenters. The van der Waals surface area contributed by atoms with Gasteiger partial charge in [-0.2, -0.15) is 5.10 Å². The summed E-state index contributed by atoms with van der Waals surface area (Å²) in [5.74, 6) is -1.34. The third kappa shape index (κ3) is 5.34. The van der Waals surface area contributed by atoms with Crippen LogP contribution in [0.2, 0.25) is 15.2 Å². The van der Waals surface area contributed by atoms with Crippen molar-refractivity contribution in [2.75, 3.05) is 6.54 Å². The van der Waals surface area contributed by atoms with Gasteiger partial charge in [-0.3, -0.25) is 14.5 Å². The van der Waals surface area contributed by atoms with E-state index in [4.69, 9.17) is 34.8 Å². The van der Waals surface area contributed by atoms with E-state index in [1.54, 1.807) is 23.2 Å².